The molecule has 0 aliphatic heterocycles. The highest BCUT2D eigenvalue weighted by atomic mass is 19.4. The molecule has 0 radical (unpaired) electrons. The van der Waals surface area contributed by atoms with Gasteiger partial charge in [0.25, 0.3) is 0 Å². The number of amides is 2. The van der Waals surface area contributed by atoms with Gasteiger partial charge in [-0.3, -0.25) is 9.59 Å². The van der Waals surface area contributed by atoms with Gasteiger partial charge in [-0.1, -0.05) is 24.3 Å². The second-order valence-electron chi connectivity index (χ2n) is 5.74. The molecule has 0 fully saturated rings. The van der Waals surface area contributed by atoms with Crippen LogP contribution in [0.2, 0.25) is 0 Å². The highest BCUT2D eigenvalue weighted by Gasteiger charge is 2.31. The molecular formula is C19H19F3N2O3. The topological polar surface area (TPSA) is 58.6 Å². The minimum absolute atomic E-state index is 0.00441. The van der Waals surface area contributed by atoms with Crippen LogP contribution in [0.5, 0.6) is 5.75 Å². The molecule has 2 rings (SSSR count). The smallest absolute Gasteiger partial charge is 0.416 e. The van der Waals surface area contributed by atoms with Crippen molar-refractivity contribution in [2.75, 3.05) is 18.6 Å². The van der Waals surface area contributed by atoms with Gasteiger partial charge in [-0.25, -0.2) is 0 Å². The first-order valence-electron chi connectivity index (χ1n) is 8.06. The Morgan fingerprint density at radius 1 is 1.11 bits per heavy atom. The number of carbonyl (C=O) groups excluding carboxylic acids is 2. The first-order valence-corrected chi connectivity index (χ1v) is 8.06. The van der Waals surface area contributed by atoms with E-state index in [1.807, 2.05) is 0 Å². The molecule has 2 aromatic rings. The summed E-state index contributed by atoms with van der Waals surface area (Å²) in [4.78, 5) is 25.1. The van der Waals surface area contributed by atoms with E-state index in [9.17, 15) is 22.8 Å². The van der Waals surface area contributed by atoms with Gasteiger partial charge < -0.3 is 15.0 Å². The molecule has 0 aliphatic rings. The van der Waals surface area contributed by atoms with E-state index >= 15 is 0 Å². The van der Waals surface area contributed by atoms with E-state index in [1.54, 1.807) is 24.3 Å². The first kappa shape index (κ1) is 20.3. The van der Waals surface area contributed by atoms with Crippen molar-refractivity contribution in [1.82, 2.24) is 5.32 Å². The monoisotopic (exact) mass is 380 g/mol. The molecule has 0 heterocycles. The predicted molar refractivity (Wildman–Crippen MR) is 94.3 cm³/mol. The summed E-state index contributed by atoms with van der Waals surface area (Å²) in [7, 11) is 1.51. The van der Waals surface area contributed by atoms with Crippen LogP contribution in [-0.2, 0) is 22.3 Å². The van der Waals surface area contributed by atoms with E-state index in [2.05, 4.69) is 5.32 Å². The van der Waals surface area contributed by atoms with Gasteiger partial charge in [-0.05, 0) is 24.3 Å². The number of hydrogen-bond acceptors (Lipinski definition) is 3. The molecule has 1 N–H and O–H groups in total. The molecule has 8 heteroatoms. The fourth-order valence-corrected chi connectivity index (χ4v) is 2.48. The highest BCUT2D eigenvalue weighted by Crippen LogP contribution is 2.31. The summed E-state index contributed by atoms with van der Waals surface area (Å²) in [5, 5.41) is 2.64. The van der Waals surface area contributed by atoms with Gasteiger partial charge in [0.15, 0.2) is 0 Å². The number of methoxy groups -OCH3 is 1. The molecule has 0 aromatic heterocycles. The van der Waals surface area contributed by atoms with Crippen molar-refractivity contribution in [2.24, 2.45) is 0 Å². The predicted octanol–water partition coefficient (Wildman–Crippen LogP) is 3.38. The summed E-state index contributed by atoms with van der Waals surface area (Å²) >= 11 is 0. The highest BCUT2D eigenvalue weighted by molar-refractivity contribution is 5.97. The molecule has 0 unspecified atom stereocenters. The second kappa shape index (κ2) is 8.57. The molecule has 5 nitrogen and oxygen atoms in total. The van der Waals surface area contributed by atoms with Gasteiger partial charge in [0, 0.05) is 24.7 Å². The molecule has 144 valence electrons. The minimum atomic E-state index is -4.54. The van der Waals surface area contributed by atoms with Gasteiger partial charge in [0.2, 0.25) is 11.8 Å². The standard InChI is InChI=1S/C19H19F3N2O3/c1-13(25)24(16-8-5-7-15(10-16)19(20,21)22)12-18(26)23-11-14-6-3-4-9-17(14)27-2/h3-10H,11-12H2,1-2H3,(H,23,26). The lowest BCUT2D eigenvalue weighted by Gasteiger charge is -2.22. The van der Waals surface area contributed by atoms with Crippen LogP contribution in [0.1, 0.15) is 18.1 Å². The van der Waals surface area contributed by atoms with Crippen LogP contribution in [0, 0.1) is 0 Å². The minimum Gasteiger partial charge on any atom is -0.496 e. The number of nitrogens with one attached hydrogen (secondary N) is 1. The fourth-order valence-electron chi connectivity index (χ4n) is 2.48. The molecule has 2 aromatic carbocycles. The number of anilines is 1. The van der Waals surface area contributed by atoms with Crippen LogP contribution in [0.15, 0.2) is 48.5 Å². The van der Waals surface area contributed by atoms with Crippen molar-refractivity contribution in [3.8, 4) is 5.75 Å². The summed E-state index contributed by atoms with van der Waals surface area (Å²) in [5.74, 6) is -0.450. The maximum atomic E-state index is 12.9. The molecule has 0 saturated heterocycles. The third kappa shape index (κ3) is 5.47. The van der Waals surface area contributed by atoms with Gasteiger partial charge in [0.05, 0.1) is 12.7 Å². The number of para-hydroxylation sites is 1. The Morgan fingerprint density at radius 2 is 1.81 bits per heavy atom. The molecule has 2 amide bonds. The number of carbonyl (C=O) groups is 2. The summed E-state index contributed by atoms with van der Waals surface area (Å²) in [6, 6.07) is 11.4. The molecule has 0 bridgehead atoms. The van der Waals surface area contributed by atoms with Crippen molar-refractivity contribution >= 4 is 17.5 Å². The summed E-state index contributed by atoms with van der Waals surface area (Å²) in [6.07, 6.45) is -4.54. The number of alkyl halides is 3. The lowest BCUT2D eigenvalue weighted by molar-refractivity contribution is -0.137. The molecule has 0 aliphatic carbocycles. The third-order valence-electron chi connectivity index (χ3n) is 3.84. The van der Waals surface area contributed by atoms with E-state index in [4.69, 9.17) is 4.74 Å². The zero-order valence-corrected chi connectivity index (χ0v) is 14.8. The Morgan fingerprint density at radius 3 is 2.44 bits per heavy atom. The van der Waals surface area contributed by atoms with Crippen LogP contribution >= 0.6 is 0 Å². The molecule has 0 atom stereocenters. The summed E-state index contributed by atoms with van der Waals surface area (Å²) in [5.41, 5.74) is -0.146. The average Bonchev–Trinajstić information content (AvgIpc) is 2.63. The van der Waals surface area contributed by atoms with Crippen molar-refractivity contribution in [1.29, 1.82) is 0 Å². The van der Waals surface area contributed by atoms with Crippen molar-refractivity contribution in [3.05, 3.63) is 59.7 Å². The van der Waals surface area contributed by atoms with Crippen LogP contribution < -0.4 is 15.0 Å². The Balaban J connectivity index is 2.10. The quantitative estimate of drug-likeness (QED) is 0.836. The van der Waals surface area contributed by atoms with Gasteiger partial charge >= 0.3 is 6.18 Å². The summed E-state index contributed by atoms with van der Waals surface area (Å²) < 4.78 is 43.8. The van der Waals surface area contributed by atoms with E-state index < -0.39 is 30.1 Å². The molecular weight excluding hydrogens is 361 g/mol. The first-order chi connectivity index (χ1) is 12.7. The normalized spacial score (nSPS) is 11.0. The second-order valence-corrected chi connectivity index (χ2v) is 5.74. The Kier molecular flexibility index (Phi) is 6.44. The maximum absolute atomic E-state index is 12.9. The lowest BCUT2D eigenvalue weighted by Crippen LogP contribution is -2.39. The summed E-state index contributed by atoms with van der Waals surface area (Å²) in [6.45, 7) is 0.955. The van der Waals surface area contributed by atoms with E-state index in [-0.39, 0.29) is 12.2 Å². The van der Waals surface area contributed by atoms with Crippen LogP contribution in [0.3, 0.4) is 0 Å². The number of rotatable bonds is 6. The Labute approximate surface area is 154 Å². The largest absolute Gasteiger partial charge is 0.496 e. The van der Waals surface area contributed by atoms with E-state index in [0.717, 1.165) is 22.6 Å². The number of ether oxygens (including phenoxy) is 1. The fraction of sp³-hybridized carbons (Fsp3) is 0.263. The van der Waals surface area contributed by atoms with E-state index in [0.29, 0.717) is 5.75 Å². The van der Waals surface area contributed by atoms with Crippen molar-refractivity contribution < 1.29 is 27.5 Å². The average molecular weight is 380 g/mol. The molecule has 0 spiro atoms. The molecule has 0 saturated carbocycles. The van der Waals surface area contributed by atoms with Crippen LogP contribution in [0.25, 0.3) is 0 Å². The SMILES string of the molecule is COc1ccccc1CNC(=O)CN(C(C)=O)c1cccc(C(F)(F)F)c1. The Bertz CT molecular complexity index is 822. The Hall–Kier alpha value is -3.03. The van der Waals surface area contributed by atoms with Crippen molar-refractivity contribution in [2.45, 2.75) is 19.6 Å². The number of nitrogens with zero attached hydrogens (tertiary/aromatic N) is 1. The van der Waals surface area contributed by atoms with Crippen LogP contribution in [-0.4, -0.2) is 25.5 Å². The number of halogens is 3. The maximum Gasteiger partial charge on any atom is 0.416 e. The number of hydrogen-bond donors (Lipinski definition) is 1. The third-order valence-corrected chi connectivity index (χ3v) is 3.84. The number of benzene rings is 2. The van der Waals surface area contributed by atoms with Crippen LogP contribution in [0.4, 0.5) is 18.9 Å². The van der Waals surface area contributed by atoms with E-state index in [1.165, 1.54) is 26.2 Å². The van der Waals surface area contributed by atoms with Gasteiger partial charge in [-0.2, -0.15) is 13.2 Å². The van der Waals surface area contributed by atoms with Gasteiger partial charge in [-0.15, -0.1) is 0 Å². The van der Waals surface area contributed by atoms with Gasteiger partial charge in [0.1, 0.15) is 12.3 Å². The van der Waals surface area contributed by atoms with Crippen molar-refractivity contribution in [3.63, 3.8) is 0 Å². The zero-order valence-electron chi connectivity index (χ0n) is 14.8. The lowest BCUT2D eigenvalue weighted by atomic mass is 10.1. The molecule has 27 heavy (non-hydrogen) atoms. The zero-order chi connectivity index (χ0) is 20.0.